The number of ether oxygens (including phenoxy) is 2. The van der Waals surface area contributed by atoms with E-state index in [2.05, 4.69) is 15.9 Å². The summed E-state index contributed by atoms with van der Waals surface area (Å²) in [5.74, 6) is -0.189. The van der Waals surface area contributed by atoms with Crippen molar-refractivity contribution in [1.29, 1.82) is 0 Å². The lowest BCUT2D eigenvalue weighted by molar-refractivity contribution is -0.0503. The fraction of sp³-hybridized carbons (Fsp3) is 0.278. The summed E-state index contributed by atoms with van der Waals surface area (Å²) in [5, 5.41) is 0. The third kappa shape index (κ3) is 3.76. The molecule has 1 fully saturated rings. The van der Waals surface area contributed by atoms with Gasteiger partial charge in [0.05, 0.1) is 19.8 Å². The van der Waals surface area contributed by atoms with Crippen molar-refractivity contribution in [3.8, 4) is 5.75 Å². The average Bonchev–Trinajstić information content (AvgIpc) is 2.54. The van der Waals surface area contributed by atoms with Gasteiger partial charge in [0.15, 0.2) is 11.6 Å². The molecule has 1 heterocycles. The van der Waals surface area contributed by atoms with Crippen molar-refractivity contribution in [3.63, 3.8) is 0 Å². The zero-order chi connectivity index (χ0) is 17.1. The fourth-order valence-corrected chi connectivity index (χ4v) is 2.76. The summed E-state index contributed by atoms with van der Waals surface area (Å²) in [6.07, 6.45) is -0.0189. The molecule has 0 N–H and O–H groups in total. The Morgan fingerprint density at radius 1 is 1.25 bits per heavy atom. The second kappa shape index (κ2) is 7.32. The molecule has 0 saturated carbocycles. The molecular formula is C18H17BrFNO3. The zero-order valence-electron chi connectivity index (χ0n) is 13.2. The average molecular weight is 394 g/mol. The Balaban J connectivity index is 1.48. The van der Waals surface area contributed by atoms with Crippen LogP contribution in [0.1, 0.15) is 15.9 Å². The van der Waals surface area contributed by atoms with Gasteiger partial charge in [-0.15, -0.1) is 0 Å². The van der Waals surface area contributed by atoms with Crippen LogP contribution in [-0.2, 0) is 11.3 Å². The number of halogens is 2. The second-order valence-corrected chi connectivity index (χ2v) is 6.53. The van der Waals surface area contributed by atoms with Crippen molar-refractivity contribution in [2.45, 2.75) is 12.7 Å². The molecule has 2 aromatic rings. The summed E-state index contributed by atoms with van der Waals surface area (Å²) >= 11 is 3.35. The number of rotatable bonds is 5. The van der Waals surface area contributed by atoms with Gasteiger partial charge in [-0.25, -0.2) is 4.39 Å². The second-order valence-electron chi connectivity index (χ2n) is 5.62. The molecule has 0 bridgehead atoms. The van der Waals surface area contributed by atoms with Gasteiger partial charge in [0.25, 0.3) is 5.91 Å². The molecule has 0 unspecified atom stereocenters. The molecule has 126 valence electrons. The first-order valence-corrected chi connectivity index (χ1v) is 8.35. The highest BCUT2D eigenvalue weighted by atomic mass is 79.9. The van der Waals surface area contributed by atoms with Crippen molar-refractivity contribution in [1.82, 2.24) is 4.90 Å². The number of amides is 1. The van der Waals surface area contributed by atoms with Crippen LogP contribution in [0.15, 0.2) is 46.9 Å². The maximum atomic E-state index is 13.6. The van der Waals surface area contributed by atoms with Crippen LogP contribution < -0.4 is 4.74 Å². The lowest BCUT2D eigenvalue weighted by Crippen LogP contribution is -2.54. The summed E-state index contributed by atoms with van der Waals surface area (Å²) in [5.41, 5.74) is 1.40. The highest BCUT2D eigenvalue weighted by molar-refractivity contribution is 9.10. The number of carbonyl (C=O) groups excluding carboxylic acids is 1. The van der Waals surface area contributed by atoms with Gasteiger partial charge in [0.2, 0.25) is 0 Å². The van der Waals surface area contributed by atoms with E-state index in [4.69, 9.17) is 9.47 Å². The van der Waals surface area contributed by atoms with E-state index < -0.39 is 5.82 Å². The number of carbonyl (C=O) groups is 1. The molecule has 1 amide bonds. The van der Waals surface area contributed by atoms with Crippen LogP contribution in [-0.4, -0.2) is 37.1 Å². The van der Waals surface area contributed by atoms with E-state index in [0.717, 1.165) is 10.0 Å². The molecule has 0 radical (unpaired) electrons. The minimum Gasteiger partial charge on any atom is -0.494 e. The first kappa shape index (κ1) is 16.9. The van der Waals surface area contributed by atoms with Crippen LogP contribution in [0.4, 0.5) is 4.39 Å². The zero-order valence-corrected chi connectivity index (χ0v) is 14.8. The first-order chi connectivity index (χ1) is 11.6. The quantitative estimate of drug-likeness (QED) is 0.778. The first-order valence-electron chi connectivity index (χ1n) is 7.55. The van der Waals surface area contributed by atoms with Crippen LogP contribution in [0.5, 0.6) is 5.75 Å². The van der Waals surface area contributed by atoms with Gasteiger partial charge in [0.1, 0.15) is 0 Å². The van der Waals surface area contributed by atoms with Crippen LogP contribution in [0.3, 0.4) is 0 Å². The summed E-state index contributed by atoms with van der Waals surface area (Å²) in [7, 11) is 1.43. The van der Waals surface area contributed by atoms with Gasteiger partial charge >= 0.3 is 0 Å². The highest BCUT2D eigenvalue weighted by Crippen LogP contribution is 2.21. The molecule has 0 spiro atoms. The van der Waals surface area contributed by atoms with Crippen molar-refractivity contribution >= 4 is 21.8 Å². The van der Waals surface area contributed by atoms with Crippen molar-refractivity contribution < 1.29 is 18.7 Å². The molecule has 24 heavy (non-hydrogen) atoms. The fourth-order valence-electron chi connectivity index (χ4n) is 2.50. The normalized spacial score (nSPS) is 14.4. The predicted octanol–water partition coefficient (Wildman–Crippen LogP) is 3.64. The van der Waals surface area contributed by atoms with Gasteiger partial charge in [-0.05, 0) is 42.0 Å². The van der Waals surface area contributed by atoms with Gasteiger partial charge in [-0.3, -0.25) is 4.79 Å². The summed E-state index contributed by atoms with van der Waals surface area (Å²) in [4.78, 5) is 14.0. The standard InChI is InChI=1S/C18H17BrFNO3/c1-23-17-7-2-12(8-16(17)20)11-24-15-9-21(10-15)18(22)13-3-5-14(19)6-4-13/h2-8,15H,9-11H2,1H3. The lowest BCUT2D eigenvalue weighted by Gasteiger charge is -2.39. The molecular weight excluding hydrogens is 377 g/mol. The lowest BCUT2D eigenvalue weighted by atomic mass is 10.1. The number of benzene rings is 2. The minimum atomic E-state index is -0.403. The number of likely N-dealkylation sites (tertiary alicyclic amines) is 1. The smallest absolute Gasteiger partial charge is 0.254 e. The van der Waals surface area contributed by atoms with Crippen LogP contribution in [0.2, 0.25) is 0 Å². The molecule has 1 aliphatic rings. The van der Waals surface area contributed by atoms with E-state index >= 15 is 0 Å². The largest absolute Gasteiger partial charge is 0.494 e. The number of methoxy groups -OCH3 is 1. The third-order valence-corrected chi connectivity index (χ3v) is 4.46. The van der Waals surface area contributed by atoms with E-state index in [1.165, 1.54) is 13.2 Å². The molecule has 4 nitrogen and oxygen atoms in total. The molecule has 1 saturated heterocycles. The van der Waals surface area contributed by atoms with Crippen LogP contribution in [0.25, 0.3) is 0 Å². The molecule has 2 aromatic carbocycles. The Morgan fingerprint density at radius 2 is 1.96 bits per heavy atom. The molecule has 0 aromatic heterocycles. The van der Waals surface area contributed by atoms with Gasteiger partial charge in [-0.1, -0.05) is 22.0 Å². The Labute approximate surface area is 148 Å². The summed E-state index contributed by atoms with van der Waals surface area (Å²) in [6.45, 7) is 1.41. The SMILES string of the molecule is COc1ccc(COC2CN(C(=O)c3ccc(Br)cc3)C2)cc1F. The topological polar surface area (TPSA) is 38.8 Å². The van der Waals surface area contributed by atoms with E-state index in [1.54, 1.807) is 29.2 Å². The number of hydrogen-bond acceptors (Lipinski definition) is 3. The Kier molecular flexibility index (Phi) is 5.16. The van der Waals surface area contributed by atoms with E-state index in [1.807, 2.05) is 12.1 Å². The maximum absolute atomic E-state index is 13.6. The van der Waals surface area contributed by atoms with Crippen molar-refractivity contribution in [2.24, 2.45) is 0 Å². The molecule has 0 atom stereocenters. The van der Waals surface area contributed by atoms with Gasteiger partial charge < -0.3 is 14.4 Å². The minimum absolute atomic E-state index is 0.00200. The molecule has 6 heteroatoms. The maximum Gasteiger partial charge on any atom is 0.254 e. The Bertz CT molecular complexity index is 730. The number of nitrogens with zero attached hydrogens (tertiary/aromatic N) is 1. The Hall–Kier alpha value is -1.92. The van der Waals surface area contributed by atoms with Gasteiger partial charge in [0, 0.05) is 23.1 Å². The molecule has 0 aliphatic carbocycles. The summed E-state index contributed by atoms with van der Waals surface area (Å²) in [6, 6.07) is 12.0. The Morgan fingerprint density at radius 3 is 2.58 bits per heavy atom. The van der Waals surface area contributed by atoms with E-state index in [-0.39, 0.29) is 17.8 Å². The van der Waals surface area contributed by atoms with Crippen LogP contribution in [0, 0.1) is 5.82 Å². The number of hydrogen-bond donors (Lipinski definition) is 0. The van der Waals surface area contributed by atoms with Crippen molar-refractivity contribution in [2.75, 3.05) is 20.2 Å². The monoisotopic (exact) mass is 393 g/mol. The third-order valence-electron chi connectivity index (χ3n) is 3.93. The van der Waals surface area contributed by atoms with Crippen LogP contribution >= 0.6 is 15.9 Å². The van der Waals surface area contributed by atoms with E-state index in [9.17, 15) is 9.18 Å². The summed E-state index contributed by atoms with van der Waals surface area (Å²) < 4.78 is 25.2. The molecule has 3 rings (SSSR count). The molecule has 1 aliphatic heterocycles. The highest BCUT2D eigenvalue weighted by Gasteiger charge is 2.31. The van der Waals surface area contributed by atoms with Crippen molar-refractivity contribution in [3.05, 3.63) is 63.9 Å². The predicted molar refractivity (Wildman–Crippen MR) is 91.6 cm³/mol. The van der Waals surface area contributed by atoms with Gasteiger partial charge in [-0.2, -0.15) is 0 Å². The van der Waals surface area contributed by atoms with E-state index in [0.29, 0.717) is 25.3 Å².